The van der Waals surface area contributed by atoms with Crippen molar-refractivity contribution < 1.29 is 23.9 Å². The lowest BCUT2D eigenvalue weighted by molar-refractivity contribution is -0.149. The van der Waals surface area contributed by atoms with Gasteiger partial charge >= 0.3 is 5.97 Å². The molecule has 0 fully saturated rings. The number of aromatic nitrogens is 2. The van der Waals surface area contributed by atoms with Gasteiger partial charge in [0.15, 0.2) is 0 Å². The summed E-state index contributed by atoms with van der Waals surface area (Å²) < 4.78 is 5.74. The Morgan fingerprint density at radius 2 is 1.64 bits per heavy atom. The van der Waals surface area contributed by atoms with E-state index in [9.17, 15) is 14.4 Å². The standard InChI is InChI=1S/C24H16N4O5/c1-14-18(23(31)28(13-19(29)30)24(32)20(14)25-2)12-15-8-10-17(11-9-15)22-27-26-21(33-22)16-6-4-3-5-7-16/h3-12H,13H2,1H3,(H,29,30)/b18-12-. The number of amides is 2. The number of rotatable bonds is 5. The number of carbonyl (C=O) groups excluding carboxylic acids is 2. The van der Waals surface area contributed by atoms with Crippen LogP contribution in [0.4, 0.5) is 0 Å². The molecule has 0 radical (unpaired) electrons. The number of benzene rings is 2. The SMILES string of the molecule is [C-]#[N+]C1=C(C)/C(=C/c2ccc(-c3nnc(-c4ccccc4)o3)cc2)C(=O)N(CC(=O)O)C1=O. The second kappa shape index (κ2) is 8.72. The Morgan fingerprint density at radius 1 is 1.03 bits per heavy atom. The minimum Gasteiger partial charge on any atom is -0.480 e. The van der Waals surface area contributed by atoms with Crippen LogP contribution in [0.2, 0.25) is 0 Å². The Balaban J connectivity index is 1.64. The summed E-state index contributed by atoms with van der Waals surface area (Å²) in [5.41, 5.74) is 2.08. The summed E-state index contributed by atoms with van der Waals surface area (Å²) in [6.07, 6.45) is 1.51. The molecule has 4 rings (SSSR count). The fourth-order valence-electron chi connectivity index (χ4n) is 3.32. The number of carboxylic acids is 1. The van der Waals surface area contributed by atoms with Gasteiger partial charge in [0, 0.05) is 16.7 Å². The predicted molar refractivity (Wildman–Crippen MR) is 117 cm³/mol. The first-order valence-corrected chi connectivity index (χ1v) is 9.77. The molecule has 0 aliphatic carbocycles. The highest BCUT2D eigenvalue weighted by atomic mass is 16.4. The van der Waals surface area contributed by atoms with E-state index in [0.717, 1.165) is 5.56 Å². The molecule has 162 valence electrons. The number of nitrogens with zero attached hydrogens (tertiary/aromatic N) is 4. The van der Waals surface area contributed by atoms with Crippen LogP contribution in [0, 0.1) is 6.57 Å². The minimum atomic E-state index is -1.35. The fourth-order valence-corrected chi connectivity index (χ4v) is 3.32. The molecule has 2 amide bonds. The molecule has 3 aromatic rings. The second-order valence-corrected chi connectivity index (χ2v) is 7.13. The number of imide groups is 1. The molecule has 1 aliphatic heterocycles. The van der Waals surface area contributed by atoms with Gasteiger partial charge in [-0.1, -0.05) is 30.3 Å². The first-order valence-electron chi connectivity index (χ1n) is 9.77. The van der Waals surface area contributed by atoms with Crippen LogP contribution in [0.3, 0.4) is 0 Å². The van der Waals surface area contributed by atoms with Gasteiger partial charge in [0.2, 0.25) is 11.8 Å². The van der Waals surface area contributed by atoms with Crippen molar-refractivity contribution in [2.24, 2.45) is 0 Å². The molecule has 0 saturated heterocycles. The maximum absolute atomic E-state index is 12.8. The number of aliphatic carboxylic acids is 1. The van der Waals surface area contributed by atoms with Crippen molar-refractivity contribution in [2.45, 2.75) is 6.92 Å². The molecule has 0 atom stereocenters. The van der Waals surface area contributed by atoms with Crippen molar-refractivity contribution in [3.8, 4) is 22.9 Å². The average Bonchev–Trinajstić information content (AvgIpc) is 3.31. The van der Waals surface area contributed by atoms with Crippen molar-refractivity contribution in [1.29, 1.82) is 0 Å². The van der Waals surface area contributed by atoms with E-state index in [0.29, 0.717) is 27.8 Å². The van der Waals surface area contributed by atoms with E-state index in [1.807, 2.05) is 30.3 Å². The van der Waals surface area contributed by atoms with Gasteiger partial charge in [0.1, 0.15) is 6.54 Å². The predicted octanol–water partition coefficient (Wildman–Crippen LogP) is 3.43. The Hall–Kier alpha value is -4.84. The van der Waals surface area contributed by atoms with E-state index in [2.05, 4.69) is 15.0 Å². The molecule has 1 aromatic heterocycles. The Bertz CT molecular complexity index is 1360. The first-order chi connectivity index (χ1) is 15.9. The van der Waals surface area contributed by atoms with Crippen LogP contribution in [0.25, 0.3) is 33.8 Å². The van der Waals surface area contributed by atoms with Crippen LogP contribution in [0.5, 0.6) is 0 Å². The number of carbonyl (C=O) groups is 3. The Kier molecular flexibility index (Phi) is 5.66. The van der Waals surface area contributed by atoms with Crippen molar-refractivity contribution >= 4 is 23.9 Å². The van der Waals surface area contributed by atoms with Gasteiger partial charge in [0.05, 0.1) is 6.57 Å². The summed E-state index contributed by atoms with van der Waals surface area (Å²) in [6, 6.07) is 16.2. The van der Waals surface area contributed by atoms with Gasteiger partial charge in [-0.05, 0) is 48.4 Å². The molecular formula is C24H16N4O5. The molecule has 33 heavy (non-hydrogen) atoms. The first kappa shape index (κ1) is 21.4. The molecule has 1 aliphatic rings. The third-order valence-corrected chi connectivity index (χ3v) is 5.00. The van der Waals surface area contributed by atoms with Crippen LogP contribution in [0.1, 0.15) is 12.5 Å². The summed E-state index contributed by atoms with van der Waals surface area (Å²) in [4.78, 5) is 40.0. The molecule has 9 nitrogen and oxygen atoms in total. The molecule has 0 saturated carbocycles. The summed E-state index contributed by atoms with van der Waals surface area (Å²) in [7, 11) is 0. The normalized spacial score (nSPS) is 15.2. The monoisotopic (exact) mass is 440 g/mol. The third-order valence-electron chi connectivity index (χ3n) is 5.00. The largest absolute Gasteiger partial charge is 0.480 e. The fraction of sp³-hybridized carbons (Fsp3) is 0.0833. The van der Waals surface area contributed by atoms with Gasteiger partial charge in [0.25, 0.3) is 17.5 Å². The maximum Gasteiger partial charge on any atom is 0.323 e. The van der Waals surface area contributed by atoms with E-state index in [1.165, 1.54) is 13.0 Å². The molecule has 9 heteroatoms. The zero-order valence-electron chi connectivity index (χ0n) is 17.3. The highest BCUT2D eigenvalue weighted by molar-refractivity contribution is 6.19. The molecule has 0 unspecified atom stereocenters. The lowest BCUT2D eigenvalue weighted by Gasteiger charge is -2.26. The van der Waals surface area contributed by atoms with Crippen molar-refractivity contribution in [1.82, 2.24) is 15.1 Å². The molecule has 2 aromatic carbocycles. The van der Waals surface area contributed by atoms with Crippen LogP contribution in [-0.4, -0.2) is 44.5 Å². The quantitative estimate of drug-likeness (QED) is 0.367. The van der Waals surface area contributed by atoms with Crippen LogP contribution < -0.4 is 0 Å². The maximum atomic E-state index is 12.8. The number of hydrogen-bond acceptors (Lipinski definition) is 6. The summed E-state index contributed by atoms with van der Waals surface area (Å²) in [5, 5.41) is 17.2. The van der Waals surface area contributed by atoms with Crippen molar-refractivity contribution in [3.05, 3.63) is 88.4 Å². The molecule has 1 N–H and O–H groups in total. The van der Waals surface area contributed by atoms with Crippen LogP contribution in [-0.2, 0) is 14.4 Å². The van der Waals surface area contributed by atoms with E-state index in [-0.39, 0.29) is 16.8 Å². The van der Waals surface area contributed by atoms with Gasteiger partial charge in [-0.2, -0.15) is 0 Å². The zero-order valence-corrected chi connectivity index (χ0v) is 17.3. The summed E-state index contributed by atoms with van der Waals surface area (Å²) >= 11 is 0. The van der Waals surface area contributed by atoms with E-state index in [1.54, 1.807) is 24.3 Å². The Morgan fingerprint density at radius 3 is 2.21 bits per heavy atom. The van der Waals surface area contributed by atoms with Gasteiger partial charge in [-0.3, -0.25) is 19.3 Å². The molecule has 0 spiro atoms. The van der Waals surface area contributed by atoms with E-state index >= 15 is 0 Å². The second-order valence-electron chi connectivity index (χ2n) is 7.13. The summed E-state index contributed by atoms with van der Waals surface area (Å²) in [5.74, 6) is -2.31. The van der Waals surface area contributed by atoms with Crippen molar-refractivity contribution in [2.75, 3.05) is 6.54 Å². The average molecular weight is 440 g/mol. The Labute approximate surface area is 188 Å². The molecule has 0 bridgehead atoms. The highest BCUT2D eigenvalue weighted by Crippen LogP contribution is 2.29. The number of hydrogen-bond donors (Lipinski definition) is 1. The van der Waals surface area contributed by atoms with Gasteiger partial charge in [-0.25, -0.2) is 4.85 Å². The topological polar surface area (TPSA) is 118 Å². The van der Waals surface area contributed by atoms with Crippen molar-refractivity contribution in [3.63, 3.8) is 0 Å². The van der Waals surface area contributed by atoms with Gasteiger partial charge in [-0.15, -0.1) is 10.2 Å². The molecule has 2 heterocycles. The highest BCUT2D eigenvalue weighted by Gasteiger charge is 2.36. The minimum absolute atomic E-state index is 0.0822. The molecular weight excluding hydrogens is 424 g/mol. The lowest BCUT2D eigenvalue weighted by Crippen LogP contribution is -2.45. The zero-order chi connectivity index (χ0) is 23.5. The summed E-state index contributed by atoms with van der Waals surface area (Å²) in [6.45, 7) is 7.94. The smallest absolute Gasteiger partial charge is 0.323 e. The van der Waals surface area contributed by atoms with E-state index in [4.69, 9.17) is 16.1 Å². The number of carboxylic acid groups (broad SMARTS) is 1. The van der Waals surface area contributed by atoms with E-state index < -0.39 is 24.3 Å². The third kappa shape index (κ3) is 4.18. The van der Waals surface area contributed by atoms with Crippen LogP contribution in [0.15, 0.2) is 75.9 Å². The van der Waals surface area contributed by atoms with Gasteiger partial charge < -0.3 is 9.52 Å². The lowest BCUT2D eigenvalue weighted by atomic mass is 9.96. The van der Waals surface area contributed by atoms with Crippen LogP contribution >= 0.6 is 0 Å².